The number of nitrogens with one attached hydrogen (secondary N) is 2. The van der Waals surface area contributed by atoms with Gasteiger partial charge in [0, 0.05) is 25.1 Å². The van der Waals surface area contributed by atoms with Gasteiger partial charge in [0.15, 0.2) is 5.65 Å². The van der Waals surface area contributed by atoms with E-state index in [9.17, 15) is 13.6 Å². The molecule has 2 atom stereocenters. The van der Waals surface area contributed by atoms with Crippen molar-refractivity contribution in [2.24, 2.45) is 0 Å². The molecule has 6 nitrogen and oxygen atoms in total. The summed E-state index contributed by atoms with van der Waals surface area (Å²) >= 11 is 0. The third-order valence-corrected chi connectivity index (χ3v) is 6.28. The normalized spacial score (nSPS) is 22.6. The van der Waals surface area contributed by atoms with Crippen LogP contribution in [0.25, 0.3) is 5.65 Å². The highest BCUT2D eigenvalue weighted by Crippen LogP contribution is 2.34. The van der Waals surface area contributed by atoms with Gasteiger partial charge < -0.3 is 10.6 Å². The van der Waals surface area contributed by atoms with Gasteiger partial charge in [-0.15, -0.1) is 0 Å². The molecule has 2 aliphatic rings. The Bertz CT molecular complexity index is 1110. The number of amides is 1. The summed E-state index contributed by atoms with van der Waals surface area (Å²) < 4.78 is 28.9. The summed E-state index contributed by atoms with van der Waals surface area (Å²) in [5.74, 6) is -2.47. The molecule has 0 bridgehead atoms. The lowest BCUT2D eigenvalue weighted by molar-refractivity contribution is -0.0429. The van der Waals surface area contributed by atoms with Gasteiger partial charge in [-0.3, -0.25) is 4.79 Å². The summed E-state index contributed by atoms with van der Waals surface area (Å²) in [6.07, 6.45) is 6.91. The van der Waals surface area contributed by atoms with Crippen molar-refractivity contribution in [1.82, 2.24) is 19.9 Å². The molecular formula is C23H25F2N5O. The molecule has 0 spiro atoms. The van der Waals surface area contributed by atoms with Gasteiger partial charge in [-0.25, -0.2) is 18.3 Å². The monoisotopic (exact) mass is 425 g/mol. The lowest BCUT2D eigenvalue weighted by Crippen LogP contribution is -2.42. The molecule has 8 heteroatoms. The van der Waals surface area contributed by atoms with Crippen LogP contribution < -0.4 is 10.6 Å². The summed E-state index contributed by atoms with van der Waals surface area (Å²) in [5.41, 5.74) is 3.33. The van der Waals surface area contributed by atoms with E-state index >= 15 is 0 Å². The molecule has 1 amide bonds. The number of alkyl halides is 2. The maximum absolute atomic E-state index is 13.7. The molecular weight excluding hydrogens is 400 g/mol. The van der Waals surface area contributed by atoms with Gasteiger partial charge in [0.05, 0.1) is 12.2 Å². The van der Waals surface area contributed by atoms with Crippen molar-refractivity contribution < 1.29 is 13.6 Å². The molecule has 1 aromatic carbocycles. The minimum absolute atomic E-state index is 0.114. The SMILES string of the molecule is O=C(NC1CCCC(F)(F)C1)c1cnn2ccc(NC3CCCc4ccccc43)nc12. The lowest BCUT2D eigenvalue weighted by atomic mass is 9.88. The summed E-state index contributed by atoms with van der Waals surface area (Å²) in [4.78, 5) is 17.4. The number of nitrogens with zero attached hydrogens (tertiary/aromatic N) is 3. The van der Waals surface area contributed by atoms with Crippen molar-refractivity contribution in [1.29, 1.82) is 0 Å². The number of fused-ring (bicyclic) bond motifs is 2. The van der Waals surface area contributed by atoms with Gasteiger partial charge in [-0.05, 0) is 49.3 Å². The zero-order valence-electron chi connectivity index (χ0n) is 17.2. The van der Waals surface area contributed by atoms with Gasteiger partial charge >= 0.3 is 0 Å². The Balaban J connectivity index is 1.36. The first kappa shape index (κ1) is 19.9. The molecule has 5 rings (SSSR count). The Morgan fingerprint density at radius 1 is 1.16 bits per heavy atom. The van der Waals surface area contributed by atoms with Crippen LogP contribution in [0.15, 0.2) is 42.7 Å². The van der Waals surface area contributed by atoms with Crippen molar-refractivity contribution in [3.63, 3.8) is 0 Å². The highest BCUT2D eigenvalue weighted by Gasteiger charge is 2.37. The third-order valence-electron chi connectivity index (χ3n) is 6.28. The summed E-state index contributed by atoms with van der Waals surface area (Å²) in [5, 5.41) is 10.4. The van der Waals surface area contributed by atoms with Gasteiger partial charge in [-0.1, -0.05) is 24.3 Å². The Hall–Kier alpha value is -3.03. The molecule has 0 aliphatic heterocycles. The average Bonchev–Trinajstić information content (AvgIpc) is 3.17. The highest BCUT2D eigenvalue weighted by atomic mass is 19.3. The molecule has 2 N–H and O–H groups in total. The number of rotatable bonds is 4. The molecule has 1 saturated carbocycles. The van der Waals surface area contributed by atoms with E-state index in [1.54, 1.807) is 6.20 Å². The summed E-state index contributed by atoms with van der Waals surface area (Å²) in [6, 6.07) is 9.86. The Morgan fingerprint density at radius 3 is 2.90 bits per heavy atom. The second-order valence-corrected chi connectivity index (χ2v) is 8.55. The lowest BCUT2D eigenvalue weighted by Gasteiger charge is -2.29. The number of aromatic nitrogens is 3. The number of aryl methyl sites for hydroxylation is 1. The van der Waals surface area contributed by atoms with Crippen molar-refractivity contribution in [2.75, 3.05) is 5.32 Å². The first-order valence-corrected chi connectivity index (χ1v) is 10.9. The van der Waals surface area contributed by atoms with Crippen LogP contribution in [0.4, 0.5) is 14.6 Å². The highest BCUT2D eigenvalue weighted by molar-refractivity contribution is 5.99. The quantitative estimate of drug-likeness (QED) is 0.645. The van der Waals surface area contributed by atoms with Gasteiger partial charge in [0.25, 0.3) is 5.91 Å². The zero-order chi connectivity index (χ0) is 21.4. The zero-order valence-corrected chi connectivity index (χ0v) is 17.2. The second-order valence-electron chi connectivity index (χ2n) is 8.55. The first-order chi connectivity index (χ1) is 15.0. The van der Waals surface area contributed by atoms with E-state index in [0.29, 0.717) is 29.9 Å². The fraction of sp³-hybridized carbons (Fsp3) is 0.435. The van der Waals surface area contributed by atoms with Crippen molar-refractivity contribution in [3.05, 3.63) is 59.4 Å². The van der Waals surface area contributed by atoms with Crippen molar-refractivity contribution in [3.8, 4) is 0 Å². The number of hydrogen-bond acceptors (Lipinski definition) is 4. The van der Waals surface area contributed by atoms with Crippen molar-refractivity contribution >= 4 is 17.4 Å². The van der Waals surface area contributed by atoms with Gasteiger partial charge in [0.2, 0.25) is 5.92 Å². The number of carbonyl (C=O) groups is 1. The van der Waals surface area contributed by atoms with Crippen LogP contribution in [0.3, 0.4) is 0 Å². The largest absolute Gasteiger partial charge is 0.363 e. The fourth-order valence-electron chi connectivity index (χ4n) is 4.75. The molecule has 0 saturated heterocycles. The van der Waals surface area contributed by atoms with Crippen LogP contribution >= 0.6 is 0 Å². The predicted octanol–water partition coefficient (Wildman–Crippen LogP) is 4.53. The Labute approximate surface area is 179 Å². The number of benzene rings is 1. The van der Waals surface area contributed by atoms with Crippen LogP contribution in [-0.4, -0.2) is 32.5 Å². The number of hydrogen-bond donors (Lipinski definition) is 2. The molecule has 2 heterocycles. The minimum Gasteiger partial charge on any atom is -0.363 e. The molecule has 2 unspecified atom stereocenters. The molecule has 3 aromatic rings. The predicted molar refractivity (Wildman–Crippen MR) is 113 cm³/mol. The van der Waals surface area contributed by atoms with Crippen LogP contribution in [0.5, 0.6) is 0 Å². The molecule has 31 heavy (non-hydrogen) atoms. The van der Waals surface area contributed by atoms with E-state index < -0.39 is 17.9 Å². The third kappa shape index (κ3) is 4.11. The number of halogens is 2. The second kappa shape index (κ2) is 7.90. The van der Waals surface area contributed by atoms with E-state index in [4.69, 9.17) is 0 Å². The fourth-order valence-corrected chi connectivity index (χ4v) is 4.75. The summed E-state index contributed by atoms with van der Waals surface area (Å²) in [6.45, 7) is 0. The standard InChI is InChI=1S/C23H25F2N5O/c24-23(25)11-4-7-16(13-23)27-22(31)18-14-26-30-12-10-20(29-21(18)30)28-19-9-3-6-15-5-1-2-8-17(15)19/h1-2,5,8,10,12,14,16,19H,3-4,6-7,9,11,13H2,(H,27,31)(H,28,29). The van der Waals surface area contributed by atoms with Crippen molar-refractivity contribution in [2.45, 2.75) is 63.0 Å². The van der Waals surface area contributed by atoms with E-state index in [1.807, 2.05) is 12.1 Å². The molecule has 0 radical (unpaired) electrons. The van der Waals surface area contributed by atoms with Crippen LogP contribution in [-0.2, 0) is 6.42 Å². The maximum atomic E-state index is 13.7. The first-order valence-electron chi connectivity index (χ1n) is 10.9. The van der Waals surface area contributed by atoms with E-state index in [1.165, 1.54) is 21.8 Å². The minimum atomic E-state index is -2.72. The van der Waals surface area contributed by atoms with Crippen LogP contribution in [0, 0.1) is 0 Å². The molecule has 1 fully saturated rings. The van der Waals surface area contributed by atoms with Crippen LogP contribution in [0.2, 0.25) is 0 Å². The maximum Gasteiger partial charge on any atom is 0.256 e. The van der Waals surface area contributed by atoms with E-state index in [2.05, 4.69) is 38.9 Å². The molecule has 2 aromatic heterocycles. The summed E-state index contributed by atoms with van der Waals surface area (Å²) in [7, 11) is 0. The Kier molecular flexibility index (Phi) is 5.08. The average molecular weight is 425 g/mol. The topological polar surface area (TPSA) is 71.3 Å². The van der Waals surface area contributed by atoms with E-state index in [-0.39, 0.29) is 18.9 Å². The molecule has 162 valence electrons. The van der Waals surface area contributed by atoms with Gasteiger partial charge in [-0.2, -0.15) is 5.10 Å². The Morgan fingerprint density at radius 2 is 2.03 bits per heavy atom. The van der Waals surface area contributed by atoms with Gasteiger partial charge in [0.1, 0.15) is 11.4 Å². The van der Waals surface area contributed by atoms with E-state index in [0.717, 1.165) is 19.3 Å². The number of carbonyl (C=O) groups excluding carboxylic acids is 1. The van der Waals surface area contributed by atoms with Crippen LogP contribution in [0.1, 0.15) is 66.1 Å². The smallest absolute Gasteiger partial charge is 0.256 e. The molecule has 2 aliphatic carbocycles. The number of anilines is 1.